The summed E-state index contributed by atoms with van der Waals surface area (Å²) in [5, 5.41) is 8.24. The summed E-state index contributed by atoms with van der Waals surface area (Å²) in [7, 11) is 0. The summed E-state index contributed by atoms with van der Waals surface area (Å²) in [6.07, 6.45) is 7.17. The molecule has 1 atom stereocenters. The monoisotopic (exact) mass is 216 g/mol. The van der Waals surface area contributed by atoms with Crippen molar-refractivity contribution in [3.63, 3.8) is 0 Å². The number of ether oxygens (including phenoxy) is 1. The van der Waals surface area contributed by atoms with Gasteiger partial charge >= 0.3 is 6.16 Å². The van der Waals surface area contributed by atoms with Crippen LogP contribution in [0.3, 0.4) is 0 Å². The molecular formula is C12H24O3. The van der Waals surface area contributed by atoms with Gasteiger partial charge in [0.2, 0.25) is 0 Å². The smallest absolute Gasteiger partial charge is 0.450 e. The third-order valence-electron chi connectivity index (χ3n) is 2.62. The van der Waals surface area contributed by atoms with Gasteiger partial charge < -0.3 is 9.84 Å². The van der Waals surface area contributed by atoms with Crippen molar-refractivity contribution in [3.05, 3.63) is 0 Å². The Bertz CT molecular complexity index is 157. The summed E-state index contributed by atoms with van der Waals surface area (Å²) in [6, 6.07) is 0. The fourth-order valence-electron chi connectivity index (χ4n) is 1.64. The Balaban J connectivity index is 3.16. The van der Waals surface area contributed by atoms with Gasteiger partial charge in [-0.1, -0.05) is 46.0 Å². The fraction of sp³-hybridized carbons (Fsp3) is 0.917. The first-order valence-corrected chi connectivity index (χ1v) is 6.02. The predicted octanol–water partition coefficient (Wildman–Crippen LogP) is 4.07. The van der Waals surface area contributed by atoms with Crippen molar-refractivity contribution >= 4 is 6.16 Å². The first-order valence-electron chi connectivity index (χ1n) is 6.02. The molecule has 0 bridgehead atoms. The van der Waals surface area contributed by atoms with Crippen molar-refractivity contribution in [1.82, 2.24) is 0 Å². The second-order valence-corrected chi connectivity index (χ2v) is 4.21. The average molecular weight is 216 g/mol. The maximum Gasteiger partial charge on any atom is 0.505 e. The van der Waals surface area contributed by atoms with Gasteiger partial charge in [0.1, 0.15) is 0 Å². The molecule has 0 rings (SSSR count). The van der Waals surface area contributed by atoms with Crippen LogP contribution in [0.4, 0.5) is 4.79 Å². The van der Waals surface area contributed by atoms with Gasteiger partial charge in [0.15, 0.2) is 0 Å². The van der Waals surface area contributed by atoms with Gasteiger partial charge in [0.25, 0.3) is 0 Å². The molecular weight excluding hydrogens is 192 g/mol. The molecule has 0 amide bonds. The van der Waals surface area contributed by atoms with Gasteiger partial charge in [0, 0.05) is 0 Å². The zero-order valence-corrected chi connectivity index (χ0v) is 10.00. The topological polar surface area (TPSA) is 46.5 Å². The number of carboxylic acid groups (broad SMARTS) is 1. The Morgan fingerprint density at radius 1 is 1.20 bits per heavy atom. The zero-order valence-electron chi connectivity index (χ0n) is 10.00. The number of hydrogen-bond donors (Lipinski definition) is 1. The van der Waals surface area contributed by atoms with E-state index in [2.05, 4.69) is 18.6 Å². The molecule has 0 aromatic heterocycles. The van der Waals surface area contributed by atoms with Crippen molar-refractivity contribution in [3.8, 4) is 0 Å². The summed E-state index contributed by atoms with van der Waals surface area (Å²) >= 11 is 0. The van der Waals surface area contributed by atoms with Crippen molar-refractivity contribution < 1.29 is 14.6 Å². The van der Waals surface area contributed by atoms with Crippen LogP contribution in [0, 0.1) is 5.92 Å². The van der Waals surface area contributed by atoms with E-state index in [1.165, 1.54) is 32.1 Å². The number of rotatable bonds is 9. The van der Waals surface area contributed by atoms with Crippen molar-refractivity contribution in [2.45, 2.75) is 58.8 Å². The van der Waals surface area contributed by atoms with Crippen LogP contribution in [0.25, 0.3) is 0 Å². The third-order valence-corrected chi connectivity index (χ3v) is 2.62. The predicted molar refractivity (Wildman–Crippen MR) is 61.1 cm³/mol. The number of hydrogen-bond acceptors (Lipinski definition) is 2. The fourth-order valence-corrected chi connectivity index (χ4v) is 1.64. The van der Waals surface area contributed by atoms with E-state index >= 15 is 0 Å². The molecule has 0 saturated heterocycles. The van der Waals surface area contributed by atoms with E-state index in [1.807, 2.05) is 0 Å². The van der Waals surface area contributed by atoms with Gasteiger partial charge in [-0.2, -0.15) is 0 Å². The Hall–Kier alpha value is -0.730. The molecule has 0 saturated carbocycles. The molecule has 0 aromatic rings. The van der Waals surface area contributed by atoms with E-state index < -0.39 is 6.16 Å². The molecule has 0 spiro atoms. The van der Waals surface area contributed by atoms with Gasteiger partial charge in [-0.05, 0) is 18.8 Å². The highest BCUT2D eigenvalue weighted by Gasteiger charge is 2.02. The molecule has 1 N–H and O–H groups in total. The SMILES string of the molecule is CCCCCC(C)CCCCOC(=O)O. The maximum absolute atomic E-state index is 10.0. The van der Waals surface area contributed by atoms with Crippen LogP contribution in [0.5, 0.6) is 0 Å². The highest BCUT2D eigenvalue weighted by atomic mass is 16.7. The Morgan fingerprint density at radius 3 is 2.33 bits per heavy atom. The Morgan fingerprint density at radius 2 is 1.80 bits per heavy atom. The first kappa shape index (κ1) is 14.3. The number of carbonyl (C=O) groups is 1. The second-order valence-electron chi connectivity index (χ2n) is 4.21. The summed E-state index contributed by atoms with van der Waals surface area (Å²) < 4.78 is 4.44. The lowest BCUT2D eigenvalue weighted by molar-refractivity contribution is 0.0897. The molecule has 0 radical (unpaired) electrons. The van der Waals surface area contributed by atoms with Crippen molar-refractivity contribution in [2.24, 2.45) is 5.92 Å². The lowest BCUT2D eigenvalue weighted by Crippen LogP contribution is -2.02. The molecule has 90 valence electrons. The average Bonchev–Trinajstić information content (AvgIpc) is 2.17. The highest BCUT2D eigenvalue weighted by Crippen LogP contribution is 2.15. The van der Waals surface area contributed by atoms with Crippen molar-refractivity contribution in [1.29, 1.82) is 0 Å². The molecule has 0 fully saturated rings. The van der Waals surface area contributed by atoms with E-state index in [0.717, 1.165) is 18.8 Å². The zero-order chi connectivity index (χ0) is 11.5. The molecule has 0 aliphatic carbocycles. The standard InChI is InChI=1S/C12H24O3/c1-3-4-5-8-11(2)9-6-7-10-15-12(13)14/h11H,3-10H2,1-2H3,(H,13,14). The van der Waals surface area contributed by atoms with Crippen LogP contribution in [0.2, 0.25) is 0 Å². The Labute approximate surface area is 92.8 Å². The normalized spacial score (nSPS) is 12.4. The van der Waals surface area contributed by atoms with Gasteiger partial charge in [-0.3, -0.25) is 0 Å². The van der Waals surface area contributed by atoms with E-state index in [9.17, 15) is 4.79 Å². The molecule has 0 heterocycles. The highest BCUT2D eigenvalue weighted by molar-refractivity contribution is 5.56. The maximum atomic E-state index is 10.0. The minimum absolute atomic E-state index is 0.344. The van der Waals surface area contributed by atoms with Crippen LogP contribution >= 0.6 is 0 Å². The van der Waals surface area contributed by atoms with Gasteiger partial charge in [0.05, 0.1) is 6.61 Å². The number of unbranched alkanes of at least 4 members (excludes halogenated alkanes) is 3. The first-order chi connectivity index (χ1) is 7.16. The third kappa shape index (κ3) is 11.2. The Kier molecular flexibility index (Phi) is 9.33. The van der Waals surface area contributed by atoms with Gasteiger partial charge in [-0.25, -0.2) is 4.79 Å². The van der Waals surface area contributed by atoms with Crippen LogP contribution in [-0.2, 0) is 4.74 Å². The second kappa shape index (κ2) is 9.81. The molecule has 0 aliphatic rings. The summed E-state index contributed by atoms with van der Waals surface area (Å²) in [5.74, 6) is 0.765. The van der Waals surface area contributed by atoms with Gasteiger partial charge in [-0.15, -0.1) is 0 Å². The lowest BCUT2D eigenvalue weighted by Gasteiger charge is -2.10. The molecule has 1 unspecified atom stereocenters. The lowest BCUT2D eigenvalue weighted by atomic mass is 9.97. The summed E-state index contributed by atoms with van der Waals surface area (Å²) in [6.45, 7) is 4.83. The summed E-state index contributed by atoms with van der Waals surface area (Å²) in [4.78, 5) is 10.0. The quantitative estimate of drug-likeness (QED) is 0.467. The van der Waals surface area contributed by atoms with E-state index in [4.69, 9.17) is 5.11 Å². The van der Waals surface area contributed by atoms with E-state index in [1.54, 1.807) is 0 Å². The minimum Gasteiger partial charge on any atom is -0.450 e. The molecule has 3 heteroatoms. The van der Waals surface area contributed by atoms with Crippen LogP contribution < -0.4 is 0 Å². The minimum atomic E-state index is -1.16. The molecule has 0 aromatic carbocycles. The van der Waals surface area contributed by atoms with Crippen LogP contribution in [-0.4, -0.2) is 17.9 Å². The largest absolute Gasteiger partial charge is 0.505 e. The van der Waals surface area contributed by atoms with E-state index in [0.29, 0.717) is 6.61 Å². The van der Waals surface area contributed by atoms with Crippen LogP contribution in [0.1, 0.15) is 58.8 Å². The van der Waals surface area contributed by atoms with Crippen LogP contribution in [0.15, 0.2) is 0 Å². The molecule has 3 nitrogen and oxygen atoms in total. The van der Waals surface area contributed by atoms with E-state index in [-0.39, 0.29) is 0 Å². The van der Waals surface area contributed by atoms with Crippen molar-refractivity contribution in [2.75, 3.05) is 6.61 Å². The molecule has 0 aliphatic heterocycles. The molecule has 15 heavy (non-hydrogen) atoms. The summed E-state index contributed by atoms with van der Waals surface area (Å²) in [5.41, 5.74) is 0.